The molecular formula is C13H19N3O2. The largest absolute Gasteiger partial charge is 0.388 e. The van der Waals surface area contributed by atoms with Crippen molar-refractivity contribution in [2.45, 2.75) is 13.8 Å². The molecule has 0 saturated carbocycles. The molecule has 3 N–H and O–H groups in total. The second-order valence-electron chi connectivity index (χ2n) is 4.02. The van der Waals surface area contributed by atoms with E-state index in [1.165, 1.54) is 6.92 Å². The Balaban J connectivity index is 2.51. The van der Waals surface area contributed by atoms with Gasteiger partial charge in [-0.3, -0.25) is 9.59 Å². The molecule has 5 nitrogen and oxygen atoms in total. The lowest BCUT2D eigenvalue weighted by Gasteiger charge is -2.09. The predicted octanol–water partition coefficient (Wildman–Crippen LogP) is 0.903. The molecule has 0 aromatic heterocycles. The van der Waals surface area contributed by atoms with Crippen molar-refractivity contribution in [3.05, 3.63) is 29.3 Å². The van der Waals surface area contributed by atoms with Crippen molar-refractivity contribution >= 4 is 17.5 Å². The van der Waals surface area contributed by atoms with E-state index in [0.717, 1.165) is 11.3 Å². The highest BCUT2D eigenvalue weighted by Gasteiger charge is 2.06. The monoisotopic (exact) mass is 249 g/mol. The molecule has 1 aromatic carbocycles. The van der Waals surface area contributed by atoms with Crippen LogP contribution in [0.1, 0.15) is 22.8 Å². The van der Waals surface area contributed by atoms with Gasteiger partial charge in [-0.25, -0.2) is 0 Å². The Kier molecular flexibility index (Phi) is 5.17. The average Bonchev–Trinajstić information content (AvgIpc) is 2.34. The molecule has 5 heteroatoms. The fourth-order valence-electron chi connectivity index (χ4n) is 1.60. The Bertz CT molecular complexity index is 444. The number of carbonyl (C=O) groups is 2. The average molecular weight is 249 g/mol. The molecule has 2 amide bonds. The van der Waals surface area contributed by atoms with Crippen molar-refractivity contribution < 1.29 is 9.59 Å². The minimum absolute atomic E-state index is 0.0986. The van der Waals surface area contributed by atoms with Crippen LogP contribution >= 0.6 is 0 Å². The first-order valence-electron chi connectivity index (χ1n) is 5.85. The summed E-state index contributed by atoms with van der Waals surface area (Å²) in [5.74, 6) is -0.232. The minimum Gasteiger partial charge on any atom is -0.388 e. The molecule has 0 aliphatic carbocycles. The standard InChI is InChI=1S/C13H19N3O2/c1-9-8-11(4-5-12(9)14-3)13(18)16-7-6-15-10(2)17/h4-5,8,14H,6-7H2,1-3H3,(H,15,17)(H,16,18). The number of rotatable bonds is 5. The molecule has 0 heterocycles. The van der Waals surface area contributed by atoms with E-state index in [1.54, 1.807) is 6.07 Å². The topological polar surface area (TPSA) is 70.2 Å². The highest BCUT2D eigenvalue weighted by Crippen LogP contribution is 2.15. The second-order valence-corrected chi connectivity index (χ2v) is 4.02. The van der Waals surface area contributed by atoms with Crippen molar-refractivity contribution in [2.75, 3.05) is 25.5 Å². The van der Waals surface area contributed by atoms with Gasteiger partial charge in [0.15, 0.2) is 0 Å². The molecule has 0 atom stereocenters. The van der Waals surface area contributed by atoms with Gasteiger partial charge >= 0.3 is 0 Å². The van der Waals surface area contributed by atoms with Gasteiger partial charge in [0.1, 0.15) is 0 Å². The van der Waals surface area contributed by atoms with Gasteiger partial charge in [-0.2, -0.15) is 0 Å². The molecule has 0 fully saturated rings. The van der Waals surface area contributed by atoms with E-state index in [4.69, 9.17) is 0 Å². The lowest BCUT2D eigenvalue weighted by atomic mass is 10.1. The maximum atomic E-state index is 11.8. The summed E-state index contributed by atoms with van der Waals surface area (Å²) in [6.45, 7) is 4.25. The molecule has 1 rings (SSSR count). The van der Waals surface area contributed by atoms with Crippen LogP contribution in [-0.2, 0) is 4.79 Å². The molecule has 0 unspecified atom stereocenters. The molecule has 1 aromatic rings. The molecular weight excluding hydrogens is 230 g/mol. The molecule has 98 valence electrons. The maximum Gasteiger partial charge on any atom is 0.251 e. The Morgan fingerprint density at radius 1 is 1.17 bits per heavy atom. The number of benzene rings is 1. The summed E-state index contributed by atoms with van der Waals surface area (Å²) in [7, 11) is 1.84. The summed E-state index contributed by atoms with van der Waals surface area (Å²) in [5, 5.41) is 8.41. The van der Waals surface area contributed by atoms with Crippen molar-refractivity contribution in [1.82, 2.24) is 10.6 Å². The van der Waals surface area contributed by atoms with Gasteiger partial charge in [0.25, 0.3) is 5.91 Å². The highest BCUT2D eigenvalue weighted by atomic mass is 16.2. The lowest BCUT2D eigenvalue weighted by Crippen LogP contribution is -2.33. The smallest absolute Gasteiger partial charge is 0.251 e. The van der Waals surface area contributed by atoms with E-state index in [1.807, 2.05) is 26.1 Å². The van der Waals surface area contributed by atoms with Crippen LogP contribution in [0.25, 0.3) is 0 Å². The van der Waals surface area contributed by atoms with Crippen LogP contribution in [0, 0.1) is 6.92 Å². The third-order valence-electron chi connectivity index (χ3n) is 2.54. The first-order chi connectivity index (χ1) is 8.54. The van der Waals surface area contributed by atoms with Crippen LogP contribution in [0.2, 0.25) is 0 Å². The lowest BCUT2D eigenvalue weighted by molar-refractivity contribution is -0.118. The molecule has 0 aliphatic rings. The maximum absolute atomic E-state index is 11.8. The minimum atomic E-state index is -0.133. The fourth-order valence-corrected chi connectivity index (χ4v) is 1.60. The zero-order valence-corrected chi connectivity index (χ0v) is 11.0. The van der Waals surface area contributed by atoms with Crippen LogP contribution in [-0.4, -0.2) is 32.0 Å². The molecule has 0 aliphatic heterocycles. The SMILES string of the molecule is CNc1ccc(C(=O)NCCNC(C)=O)cc1C. The predicted molar refractivity (Wildman–Crippen MR) is 71.7 cm³/mol. The number of anilines is 1. The zero-order chi connectivity index (χ0) is 13.5. The van der Waals surface area contributed by atoms with Crippen molar-refractivity contribution in [1.29, 1.82) is 0 Å². The summed E-state index contributed by atoms with van der Waals surface area (Å²) >= 11 is 0. The van der Waals surface area contributed by atoms with E-state index in [-0.39, 0.29) is 11.8 Å². The Morgan fingerprint density at radius 3 is 2.39 bits per heavy atom. The normalized spacial score (nSPS) is 9.72. The van der Waals surface area contributed by atoms with E-state index in [2.05, 4.69) is 16.0 Å². The van der Waals surface area contributed by atoms with Gasteiger partial charge in [0.2, 0.25) is 5.91 Å². The highest BCUT2D eigenvalue weighted by molar-refractivity contribution is 5.94. The fraction of sp³-hybridized carbons (Fsp3) is 0.385. The number of amides is 2. The summed E-state index contributed by atoms with van der Waals surface area (Å²) in [5.41, 5.74) is 2.64. The second kappa shape index (κ2) is 6.64. The number of hydrogen-bond acceptors (Lipinski definition) is 3. The number of aryl methyl sites for hydroxylation is 1. The Labute approximate surface area is 107 Å². The van der Waals surface area contributed by atoms with Gasteiger partial charge in [-0.15, -0.1) is 0 Å². The summed E-state index contributed by atoms with van der Waals surface area (Å²) in [6, 6.07) is 5.48. The van der Waals surface area contributed by atoms with Crippen molar-refractivity contribution in [3.63, 3.8) is 0 Å². The quantitative estimate of drug-likeness (QED) is 0.679. The Morgan fingerprint density at radius 2 is 1.83 bits per heavy atom. The van der Waals surface area contributed by atoms with E-state index < -0.39 is 0 Å². The third-order valence-corrected chi connectivity index (χ3v) is 2.54. The number of carbonyl (C=O) groups excluding carboxylic acids is 2. The molecule has 0 radical (unpaired) electrons. The first kappa shape index (κ1) is 14.0. The summed E-state index contributed by atoms with van der Waals surface area (Å²) in [6.07, 6.45) is 0. The van der Waals surface area contributed by atoms with E-state index in [9.17, 15) is 9.59 Å². The van der Waals surface area contributed by atoms with Crippen LogP contribution < -0.4 is 16.0 Å². The van der Waals surface area contributed by atoms with Crippen LogP contribution in [0.15, 0.2) is 18.2 Å². The van der Waals surface area contributed by atoms with Gasteiger partial charge in [0.05, 0.1) is 0 Å². The van der Waals surface area contributed by atoms with Gasteiger partial charge in [0, 0.05) is 38.3 Å². The van der Waals surface area contributed by atoms with Gasteiger partial charge < -0.3 is 16.0 Å². The van der Waals surface area contributed by atoms with Gasteiger partial charge in [-0.05, 0) is 30.7 Å². The van der Waals surface area contributed by atoms with Crippen LogP contribution in [0.4, 0.5) is 5.69 Å². The summed E-state index contributed by atoms with van der Waals surface area (Å²) in [4.78, 5) is 22.4. The van der Waals surface area contributed by atoms with Crippen molar-refractivity contribution in [3.8, 4) is 0 Å². The van der Waals surface area contributed by atoms with Crippen molar-refractivity contribution in [2.24, 2.45) is 0 Å². The van der Waals surface area contributed by atoms with Crippen LogP contribution in [0.5, 0.6) is 0 Å². The molecule has 0 saturated heterocycles. The molecule has 18 heavy (non-hydrogen) atoms. The molecule has 0 bridgehead atoms. The van der Waals surface area contributed by atoms with E-state index in [0.29, 0.717) is 18.7 Å². The zero-order valence-electron chi connectivity index (χ0n) is 11.0. The number of hydrogen-bond donors (Lipinski definition) is 3. The van der Waals surface area contributed by atoms with E-state index >= 15 is 0 Å². The first-order valence-corrected chi connectivity index (χ1v) is 5.85. The number of nitrogens with one attached hydrogen (secondary N) is 3. The van der Waals surface area contributed by atoms with Crippen LogP contribution in [0.3, 0.4) is 0 Å². The summed E-state index contributed by atoms with van der Waals surface area (Å²) < 4.78 is 0. The molecule has 0 spiro atoms. The third kappa shape index (κ3) is 4.08. The Hall–Kier alpha value is -2.04. The van der Waals surface area contributed by atoms with Gasteiger partial charge in [-0.1, -0.05) is 0 Å².